The topological polar surface area (TPSA) is 9.23 Å². The lowest BCUT2D eigenvalue weighted by Gasteiger charge is -2.25. The zero-order valence-corrected chi connectivity index (χ0v) is 17.3. The van der Waals surface area contributed by atoms with Crippen molar-refractivity contribution in [3.05, 3.63) is 76.9 Å². The minimum atomic E-state index is 0.569. The van der Waals surface area contributed by atoms with Gasteiger partial charge in [0.2, 0.25) is 0 Å². The van der Waals surface area contributed by atoms with Crippen molar-refractivity contribution in [2.75, 3.05) is 7.11 Å². The molecule has 0 saturated heterocycles. The van der Waals surface area contributed by atoms with Crippen molar-refractivity contribution in [2.45, 2.75) is 52.1 Å². The maximum Gasteiger partial charge on any atom is 0.0713 e. The summed E-state index contributed by atoms with van der Waals surface area (Å²) in [6.45, 7) is 2.74. The highest BCUT2D eigenvalue weighted by Crippen LogP contribution is 2.31. The zero-order chi connectivity index (χ0) is 19.6. The highest BCUT2D eigenvalue weighted by molar-refractivity contribution is 5.51. The van der Waals surface area contributed by atoms with E-state index < -0.39 is 0 Å². The normalized spacial score (nSPS) is 19.4. The zero-order valence-electron chi connectivity index (χ0n) is 17.3. The van der Waals surface area contributed by atoms with Crippen molar-refractivity contribution >= 4 is 6.08 Å². The molecule has 0 spiro atoms. The van der Waals surface area contributed by atoms with Gasteiger partial charge in [-0.25, -0.2) is 0 Å². The van der Waals surface area contributed by atoms with E-state index in [4.69, 9.17) is 4.74 Å². The van der Waals surface area contributed by atoms with E-state index in [1.807, 2.05) is 6.92 Å². The van der Waals surface area contributed by atoms with Crippen LogP contribution >= 0.6 is 0 Å². The lowest BCUT2D eigenvalue weighted by molar-refractivity contribution is 0.185. The van der Waals surface area contributed by atoms with Crippen molar-refractivity contribution in [1.82, 2.24) is 0 Å². The second-order valence-corrected chi connectivity index (χ2v) is 7.90. The van der Waals surface area contributed by atoms with Crippen LogP contribution in [0.4, 0.5) is 0 Å². The van der Waals surface area contributed by atoms with Crippen LogP contribution in [0.15, 0.2) is 54.6 Å². The summed E-state index contributed by atoms with van der Waals surface area (Å²) in [4.78, 5) is 0. The highest BCUT2D eigenvalue weighted by atomic mass is 16.5. The molecular weight excluding hydrogens is 340 g/mol. The molecule has 3 rings (SSSR count). The van der Waals surface area contributed by atoms with Crippen LogP contribution < -0.4 is 0 Å². The number of hydrogen-bond donors (Lipinski definition) is 0. The van der Waals surface area contributed by atoms with Crippen molar-refractivity contribution in [3.8, 4) is 11.8 Å². The third kappa shape index (κ3) is 6.39. The Bertz CT molecular complexity index is 794. The smallest absolute Gasteiger partial charge is 0.0713 e. The Morgan fingerprint density at radius 1 is 0.929 bits per heavy atom. The molecule has 0 aliphatic heterocycles. The molecule has 1 aliphatic carbocycles. The fourth-order valence-electron chi connectivity index (χ4n) is 3.99. The maximum atomic E-state index is 5.18. The Morgan fingerprint density at radius 2 is 1.61 bits per heavy atom. The second kappa shape index (κ2) is 10.9. The Morgan fingerprint density at radius 3 is 2.25 bits per heavy atom. The number of ether oxygens (including phenoxy) is 1. The highest BCUT2D eigenvalue weighted by Gasteiger charge is 2.19. The summed E-state index contributed by atoms with van der Waals surface area (Å²) < 4.78 is 5.18. The molecule has 0 heterocycles. The standard InChI is InChI=1S/C27H32O/c1-3-4-22-5-7-23(8-6-22)9-10-24-11-13-25(14-12-24)15-16-26-17-19-27(20-18-26)21-28-2/h3-8,17-20,24-25H,11-16,21H2,1-2H3. The number of benzene rings is 2. The molecule has 0 unspecified atom stereocenters. The first-order valence-corrected chi connectivity index (χ1v) is 10.6. The summed E-state index contributed by atoms with van der Waals surface area (Å²) in [5.74, 6) is 8.34. The van der Waals surface area contributed by atoms with Crippen LogP contribution in [0, 0.1) is 23.7 Å². The van der Waals surface area contributed by atoms with Crippen LogP contribution in [0.2, 0.25) is 0 Å². The van der Waals surface area contributed by atoms with Gasteiger partial charge in [-0.3, -0.25) is 0 Å². The van der Waals surface area contributed by atoms with Gasteiger partial charge in [-0.1, -0.05) is 60.4 Å². The Kier molecular flexibility index (Phi) is 7.94. The van der Waals surface area contributed by atoms with Crippen molar-refractivity contribution in [1.29, 1.82) is 0 Å². The summed E-state index contributed by atoms with van der Waals surface area (Å²) in [5, 5.41) is 0. The lowest BCUT2D eigenvalue weighted by Crippen LogP contribution is -2.14. The largest absolute Gasteiger partial charge is 0.380 e. The minimum absolute atomic E-state index is 0.569. The molecule has 1 heteroatoms. The minimum Gasteiger partial charge on any atom is -0.380 e. The Hall–Kier alpha value is -2.30. The van der Waals surface area contributed by atoms with Crippen LogP contribution in [0.1, 0.15) is 61.3 Å². The van der Waals surface area contributed by atoms with Gasteiger partial charge >= 0.3 is 0 Å². The van der Waals surface area contributed by atoms with Gasteiger partial charge in [0.25, 0.3) is 0 Å². The summed E-state index contributed by atoms with van der Waals surface area (Å²) >= 11 is 0. The molecule has 1 aliphatic rings. The molecule has 146 valence electrons. The molecule has 2 aromatic rings. The number of methoxy groups -OCH3 is 1. The molecule has 0 aromatic heterocycles. The third-order valence-electron chi connectivity index (χ3n) is 5.71. The van der Waals surface area contributed by atoms with Crippen LogP contribution in [0.25, 0.3) is 6.08 Å². The van der Waals surface area contributed by atoms with Crippen LogP contribution in [0.3, 0.4) is 0 Å². The first kappa shape index (κ1) is 20.4. The fourth-order valence-corrected chi connectivity index (χ4v) is 3.99. The van der Waals surface area contributed by atoms with Crippen molar-refractivity contribution in [2.24, 2.45) is 11.8 Å². The molecule has 1 saturated carbocycles. The van der Waals surface area contributed by atoms with Crippen LogP contribution in [-0.4, -0.2) is 7.11 Å². The summed E-state index contributed by atoms with van der Waals surface area (Å²) in [7, 11) is 1.75. The van der Waals surface area contributed by atoms with Gasteiger partial charge in [0.15, 0.2) is 0 Å². The van der Waals surface area contributed by atoms with Gasteiger partial charge in [-0.15, -0.1) is 0 Å². The molecule has 0 amide bonds. The van der Waals surface area contributed by atoms with Gasteiger partial charge < -0.3 is 4.74 Å². The molecule has 2 aromatic carbocycles. The first-order valence-electron chi connectivity index (χ1n) is 10.6. The van der Waals surface area contributed by atoms with Crippen molar-refractivity contribution < 1.29 is 4.74 Å². The predicted molar refractivity (Wildman–Crippen MR) is 119 cm³/mol. The lowest BCUT2D eigenvalue weighted by atomic mass is 9.79. The van der Waals surface area contributed by atoms with E-state index in [1.165, 1.54) is 55.2 Å². The number of rotatable bonds is 6. The van der Waals surface area contributed by atoms with E-state index in [-0.39, 0.29) is 0 Å². The van der Waals surface area contributed by atoms with Crippen molar-refractivity contribution in [3.63, 3.8) is 0 Å². The fraction of sp³-hybridized carbons (Fsp3) is 0.407. The maximum absolute atomic E-state index is 5.18. The summed E-state index contributed by atoms with van der Waals surface area (Å²) in [5.41, 5.74) is 5.07. The van der Waals surface area contributed by atoms with Gasteiger partial charge in [0, 0.05) is 18.6 Å². The Balaban J connectivity index is 1.42. The molecular formula is C27H32O. The average molecular weight is 373 g/mol. The van der Waals surface area contributed by atoms with E-state index in [2.05, 4.69) is 72.5 Å². The van der Waals surface area contributed by atoms with E-state index in [0.29, 0.717) is 12.5 Å². The molecule has 1 nitrogen and oxygen atoms in total. The summed E-state index contributed by atoms with van der Waals surface area (Å²) in [6.07, 6.45) is 11.8. The SMILES string of the molecule is CC=Cc1ccc(C#CC2CCC(CCc3ccc(COC)cc3)CC2)cc1. The Labute approximate surface area is 170 Å². The molecule has 0 atom stereocenters. The predicted octanol–water partition coefficient (Wildman–Crippen LogP) is 6.66. The molecule has 0 bridgehead atoms. The second-order valence-electron chi connectivity index (χ2n) is 7.90. The van der Waals surface area contributed by atoms with E-state index >= 15 is 0 Å². The van der Waals surface area contributed by atoms with Gasteiger partial charge in [0.05, 0.1) is 6.61 Å². The van der Waals surface area contributed by atoms with Gasteiger partial charge in [-0.05, 0) is 80.2 Å². The van der Waals surface area contributed by atoms with Crippen LogP contribution in [-0.2, 0) is 17.8 Å². The van der Waals surface area contributed by atoms with E-state index in [0.717, 1.165) is 11.5 Å². The van der Waals surface area contributed by atoms with Crippen LogP contribution in [0.5, 0.6) is 0 Å². The number of allylic oxidation sites excluding steroid dienone is 1. The molecule has 28 heavy (non-hydrogen) atoms. The first-order chi connectivity index (χ1) is 13.8. The summed E-state index contributed by atoms with van der Waals surface area (Å²) in [6, 6.07) is 17.4. The molecule has 0 radical (unpaired) electrons. The quantitative estimate of drug-likeness (QED) is 0.515. The monoisotopic (exact) mass is 372 g/mol. The average Bonchev–Trinajstić information content (AvgIpc) is 2.74. The van der Waals surface area contributed by atoms with Gasteiger partial charge in [0.1, 0.15) is 0 Å². The third-order valence-corrected chi connectivity index (χ3v) is 5.71. The molecule has 0 N–H and O–H groups in total. The number of hydrogen-bond acceptors (Lipinski definition) is 1. The molecule has 1 fully saturated rings. The number of aryl methyl sites for hydroxylation is 1. The van der Waals surface area contributed by atoms with E-state index in [1.54, 1.807) is 7.11 Å². The van der Waals surface area contributed by atoms with E-state index in [9.17, 15) is 0 Å². The van der Waals surface area contributed by atoms with Gasteiger partial charge in [-0.2, -0.15) is 0 Å².